The van der Waals surface area contributed by atoms with Gasteiger partial charge in [-0.15, -0.1) is 0 Å². The normalized spacial score (nSPS) is 26.0. The molecule has 0 N–H and O–H groups in total. The Bertz CT molecular complexity index is 1120. The van der Waals surface area contributed by atoms with Gasteiger partial charge < -0.3 is 0 Å². The molecule has 2 aromatic carbocycles. The molecule has 0 radical (unpaired) electrons. The number of anilines is 2. The molecular weight excluding hydrogens is 432 g/mol. The maximum absolute atomic E-state index is 12.1. The molecule has 2 fully saturated rings. The van der Waals surface area contributed by atoms with Gasteiger partial charge in [-0.05, 0) is 30.2 Å². The lowest BCUT2D eigenvalue weighted by Gasteiger charge is -2.31. The zero-order valence-electron chi connectivity index (χ0n) is 16.8. The molecule has 2 aromatic rings. The first kappa shape index (κ1) is 20.3. The topological polar surface area (TPSA) is 74.8 Å². The van der Waals surface area contributed by atoms with Crippen molar-refractivity contribution < 1.29 is 19.2 Å². The van der Waals surface area contributed by atoms with Gasteiger partial charge in [0.1, 0.15) is 12.1 Å². The summed E-state index contributed by atoms with van der Waals surface area (Å²) in [7, 11) is 0. The van der Waals surface area contributed by atoms with E-state index < -0.39 is 0 Å². The molecule has 0 bridgehead atoms. The standard InChI is InChI=1S/C12H11NO2S.C11H9NO2S/c1-7-11(14)13-9-5-3-2-4-8(9)6-10(13)12(15)16-7;13-10-6-15-11(14)9-5-7-3-1-2-4-8(7)12(9)10/h2-5,7,10H,6H2,1H3;1-4,9H,5-6H2. The Kier molecular flexibility index (Phi) is 5.14. The maximum atomic E-state index is 12.1. The predicted molar refractivity (Wildman–Crippen MR) is 122 cm³/mol. The summed E-state index contributed by atoms with van der Waals surface area (Å²) in [4.78, 5) is 50.7. The molecule has 3 unspecified atom stereocenters. The first-order valence-corrected chi connectivity index (χ1v) is 12.0. The van der Waals surface area contributed by atoms with E-state index in [0.29, 0.717) is 12.8 Å². The highest BCUT2D eigenvalue weighted by atomic mass is 32.2. The van der Waals surface area contributed by atoms with Crippen LogP contribution in [0.3, 0.4) is 0 Å². The van der Waals surface area contributed by atoms with E-state index in [1.807, 2.05) is 48.5 Å². The van der Waals surface area contributed by atoms with Crippen molar-refractivity contribution in [3.05, 3.63) is 59.7 Å². The highest BCUT2D eigenvalue weighted by molar-refractivity contribution is 8.15. The number of hydrogen-bond acceptors (Lipinski definition) is 6. The summed E-state index contributed by atoms with van der Waals surface area (Å²) in [6.07, 6.45) is 1.34. The lowest BCUT2D eigenvalue weighted by Crippen LogP contribution is -2.50. The molecule has 3 atom stereocenters. The second kappa shape index (κ2) is 7.84. The van der Waals surface area contributed by atoms with Crippen LogP contribution in [-0.4, -0.2) is 45.1 Å². The SMILES string of the molecule is CC1SC(=O)C2Cc3ccccc3N2C1=O.O=C1SCC(=O)N2c3ccccc3CC12. The summed E-state index contributed by atoms with van der Waals surface area (Å²) >= 11 is 2.31. The quantitative estimate of drug-likeness (QED) is 0.612. The van der Waals surface area contributed by atoms with Crippen molar-refractivity contribution in [2.45, 2.75) is 37.1 Å². The van der Waals surface area contributed by atoms with Gasteiger partial charge in [0, 0.05) is 24.2 Å². The summed E-state index contributed by atoms with van der Waals surface area (Å²) in [5, 5.41) is -0.0241. The summed E-state index contributed by atoms with van der Waals surface area (Å²) < 4.78 is 0. The molecule has 2 amide bonds. The van der Waals surface area contributed by atoms with E-state index >= 15 is 0 Å². The van der Waals surface area contributed by atoms with Crippen LogP contribution in [0.1, 0.15) is 18.1 Å². The molecule has 4 aliphatic rings. The van der Waals surface area contributed by atoms with Crippen LogP contribution in [0, 0.1) is 0 Å². The number of carbonyl (C=O) groups is 4. The smallest absolute Gasteiger partial charge is 0.241 e. The minimum Gasteiger partial charge on any atom is -0.300 e. The van der Waals surface area contributed by atoms with Crippen LogP contribution in [0.15, 0.2) is 48.5 Å². The van der Waals surface area contributed by atoms with Gasteiger partial charge in [-0.3, -0.25) is 29.0 Å². The van der Waals surface area contributed by atoms with Crippen molar-refractivity contribution >= 4 is 56.9 Å². The lowest BCUT2D eigenvalue weighted by atomic mass is 10.1. The summed E-state index contributed by atoms with van der Waals surface area (Å²) in [6.45, 7) is 1.79. The second-order valence-corrected chi connectivity index (χ2v) is 10.2. The van der Waals surface area contributed by atoms with Crippen LogP contribution in [0.4, 0.5) is 11.4 Å². The first-order valence-electron chi connectivity index (χ1n) is 10.1. The van der Waals surface area contributed by atoms with Gasteiger partial charge in [0.05, 0.1) is 11.0 Å². The molecule has 0 saturated carbocycles. The third kappa shape index (κ3) is 3.38. The van der Waals surface area contributed by atoms with E-state index in [0.717, 1.165) is 34.3 Å². The first-order chi connectivity index (χ1) is 15.0. The van der Waals surface area contributed by atoms with Crippen LogP contribution in [-0.2, 0) is 32.0 Å². The van der Waals surface area contributed by atoms with Crippen LogP contribution in [0.5, 0.6) is 0 Å². The number of para-hydroxylation sites is 2. The number of rotatable bonds is 0. The van der Waals surface area contributed by atoms with E-state index in [4.69, 9.17) is 0 Å². The zero-order valence-corrected chi connectivity index (χ0v) is 18.4. The Labute approximate surface area is 188 Å². The van der Waals surface area contributed by atoms with Gasteiger partial charge in [0.25, 0.3) is 0 Å². The maximum Gasteiger partial charge on any atom is 0.241 e. The largest absolute Gasteiger partial charge is 0.300 e. The fourth-order valence-electron chi connectivity index (χ4n) is 4.53. The molecule has 4 aliphatic heterocycles. The average Bonchev–Trinajstić information content (AvgIpc) is 3.35. The molecule has 6 nitrogen and oxygen atoms in total. The lowest BCUT2D eigenvalue weighted by molar-refractivity contribution is -0.122. The Hall–Kier alpha value is -2.58. The number of amides is 2. The third-order valence-electron chi connectivity index (χ3n) is 5.98. The van der Waals surface area contributed by atoms with E-state index in [2.05, 4.69) is 0 Å². The van der Waals surface area contributed by atoms with Gasteiger partial charge >= 0.3 is 0 Å². The Morgan fingerprint density at radius 2 is 1.32 bits per heavy atom. The second-order valence-electron chi connectivity index (χ2n) is 7.86. The van der Waals surface area contributed by atoms with Crippen molar-refractivity contribution in [1.29, 1.82) is 0 Å². The van der Waals surface area contributed by atoms with Crippen molar-refractivity contribution in [2.75, 3.05) is 15.6 Å². The number of fused-ring (bicyclic) bond motifs is 6. The fourth-order valence-corrected chi connectivity index (χ4v) is 6.22. The van der Waals surface area contributed by atoms with E-state index in [1.54, 1.807) is 16.7 Å². The highest BCUT2D eigenvalue weighted by Crippen LogP contribution is 2.39. The van der Waals surface area contributed by atoms with Crippen LogP contribution in [0.25, 0.3) is 0 Å². The van der Waals surface area contributed by atoms with Gasteiger partial charge in [-0.2, -0.15) is 0 Å². The minimum absolute atomic E-state index is 0.0505. The van der Waals surface area contributed by atoms with E-state index in [9.17, 15) is 19.2 Å². The molecule has 0 aromatic heterocycles. The Morgan fingerprint density at radius 1 is 0.774 bits per heavy atom. The summed E-state index contributed by atoms with van der Waals surface area (Å²) in [6, 6.07) is 15.0. The van der Waals surface area contributed by atoms with Gasteiger partial charge in [-0.1, -0.05) is 59.9 Å². The van der Waals surface area contributed by atoms with Crippen molar-refractivity contribution in [1.82, 2.24) is 0 Å². The van der Waals surface area contributed by atoms with E-state index in [1.165, 1.54) is 11.8 Å². The van der Waals surface area contributed by atoms with E-state index in [-0.39, 0.29) is 45.1 Å². The summed E-state index contributed by atoms with van der Waals surface area (Å²) in [5.74, 6) is 0.387. The molecule has 4 heterocycles. The van der Waals surface area contributed by atoms with Gasteiger partial charge in [-0.25, -0.2) is 0 Å². The fraction of sp³-hybridized carbons (Fsp3) is 0.304. The Balaban J connectivity index is 0.000000132. The number of thioether (sulfide) groups is 2. The van der Waals surface area contributed by atoms with Crippen molar-refractivity contribution in [3.63, 3.8) is 0 Å². The molecule has 2 saturated heterocycles. The molecule has 31 heavy (non-hydrogen) atoms. The molecule has 8 heteroatoms. The number of benzene rings is 2. The van der Waals surface area contributed by atoms with Gasteiger partial charge in [0.15, 0.2) is 0 Å². The molecule has 158 valence electrons. The number of carbonyl (C=O) groups excluding carboxylic acids is 4. The van der Waals surface area contributed by atoms with Crippen molar-refractivity contribution in [2.24, 2.45) is 0 Å². The number of hydrogen-bond donors (Lipinski definition) is 0. The van der Waals surface area contributed by atoms with Gasteiger partial charge in [0.2, 0.25) is 22.0 Å². The predicted octanol–water partition coefficient (Wildman–Crippen LogP) is 2.82. The van der Waals surface area contributed by atoms with Crippen molar-refractivity contribution in [3.8, 4) is 0 Å². The zero-order chi connectivity index (χ0) is 21.7. The highest BCUT2D eigenvalue weighted by Gasteiger charge is 2.45. The summed E-state index contributed by atoms with van der Waals surface area (Å²) in [5.41, 5.74) is 4.04. The van der Waals surface area contributed by atoms with Crippen LogP contribution >= 0.6 is 23.5 Å². The third-order valence-corrected chi connectivity index (χ3v) is 7.99. The molecule has 6 rings (SSSR count). The monoisotopic (exact) mass is 452 g/mol. The number of nitrogens with zero attached hydrogens (tertiary/aromatic N) is 2. The minimum atomic E-state index is -0.272. The average molecular weight is 453 g/mol. The van der Waals surface area contributed by atoms with Crippen LogP contribution in [0.2, 0.25) is 0 Å². The molecule has 0 aliphatic carbocycles. The molecular formula is C23H20N2O4S2. The Morgan fingerprint density at radius 3 is 1.97 bits per heavy atom. The molecule has 0 spiro atoms. The van der Waals surface area contributed by atoms with Crippen LogP contribution < -0.4 is 9.80 Å².